The topological polar surface area (TPSA) is 76.5 Å². The number of benzene rings is 3. The highest BCUT2D eigenvalue weighted by Gasteiger charge is 2.11. The number of para-hydroxylation sites is 1. The van der Waals surface area contributed by atoms with Gasteiger partial charge < -0.3 is 4.57 Å². The summed E-state index contributed by atoms with van der Waals surface area (Å²) in [4.78, 5) is 12.7. The quantitative estimate of drug-likeness (QED) is 0.496. The Kier molecular flexibility index (Phi) is 4.44. The van der Waals surface area contributed by atoms with Crippen LogP contribution in [-0.2, 0) is 6.54 Å². The summed E-state index contributed by atoms with van der Waals surface area (Å²) in [6.45, 7) is 2.50. The van der Waals surface area contributed by atoms with E-state index in [9.17, 15) is 4.79 Å². The van der Waals surface area contributed by atoms with E-state index in [-0.39, 0.29) is 5.56 Å². The van der Waals surface area contributed by atoms with Crippen molar-refractivity contribution in [3.63, 3.8) is 0 Å². The second-order valence-electron chi connectivity index (χ2n) is 7.25. The third-order valence-electron chi connectivity index (χ3n) is 5.34. The van der Waals surface area contributed by atoms with Gasteiger partial charge in [0, 0.05) is 17.0 Å². The number of aryl methyl sites for hydroxylation is 1. The second kappa shape index (κ2) is 7.40. The predicted octanol–water partition coefficient (Wildman–Crippen LogP) is 4.21. The highest BCUT2D eigenvalue weighted by atomic mass is 16.1. The minimum atomic E-state index is 0.0118. The van der Waals surface area contributed by atoms with Crippen molar-refractivity contribution in [3.8, 4) is 22.5 Å². The summed E-state index contributed by atoms with van der Waals surface area (Å²) in [5, 5.41) is 15.5. The van der Waals surface area contributed by atoms with Crippen LogP contribution in [0.5, 0.6) is 0 Å². The van der Waals surface area contributed by atoms with Gasteiger partial charge in [-0.1, -0.05) is 66.7 Å². The van der Waals surface area contributed by atoms with Gasteiger partial charge in [0.25, 0.3) is 5.56 Å². The number of aromatic nitrogens is 5. The molecular weight excluding hydrogens is 374 g/mol. The highest BCUT2D eigenvalue weighted by Crippen LogP contribution is 2.30. The minimum absolute atomic E-state index is 0.0118. The van der Waals surface area contributed by atoms with Crippen LogP contribution in [0.3, 0.4) is 0 Å². The fourth-order valence-corrected chi connectivity index (χ4v) is 3.84. The van der Waals surface area contributed by atoms with Crippen LogP contribution in [0.1, 0.15) is 11.1 Å². The van der Waals surface area contributed by atoms with E-state index in [1.54, 1.807) is 6.07 Å². The summed E-state index contributed by atoms with van der Waals surface area (Å²) >= 11 is 0. The van der Waals surface area contributed by atoms with Crippen molar-refractivity contribution >= 4 is 10.9 Å². The molecule has 2 aromatic heterocycles. The van der Waals surface area contributed by atoms with Crippen LogP contribution < -0.4 is 5.56 Å². The van der Waals surface area contributed by atoms with Gasteiger partial charge in [-0.15, -0.1) is 10.2 Å². The molecule has 146 valence electrons. The van der Waals surface area contributed by atoms with Crippen LogP contribution >= 0.6 is 0 Å². The first-order valence-corrected chi connectivity index (χ1v) is 9.72. The molecule has 0 bridgehead atoms. The van der Waals surface area contributed by atoms with E-state index in [1.165, 1.54) is 0 Å². The molecule has 0 spiro atoms. The van der Waals surface area contributed by atoms with Crippen molar-refractivity contribution < 1.29 is 0 Å². The molecular formula is C24H19N5O. The summed E-state index contributed by atoms with van der Waals surface area (Å²) in [5.41, 5.74) is 6.03. The summed E-state index contributed by atoms with van der Waals surface area (Å²) in [5.74, 6) is 0.562. The monoisotopic (exact) mass is 393 g/mol. The summed E-state index contributed by atoms with van der Waals surface area (Å²) < 4.78 is 1.82. The first-order chi connectivity index (χ1) is 14.7. The molecule has 5 rings (SSSR count). The Bertz CT molecular complexity index is 1390. The molecule has 0 unspecified atom stereocenters. The van der Waals surface area contributed by atoms with E-state index in [4.69, 9.17) is 0 Å². The molecule has 5 aromatic rings. The first kappa shape index (κ1) is 18.0. The predicted molar refractivity (Wildman–Crippen MR) is 117 cm³/mol. The van der Waals surface area contributed by atoms with Crippen LogP contribution in [0.25, 0.3) is 33.4 Å². The molecule has 30 heavy (non-hydrogen) atoms. The first-order valence-electron chi connectivity index (χ1n) is 9.72. The van der Waals surface area contributed by atoms with Crippen LogP contribution in [0.2, 0.25) is 0 Å². The van der Waals surface area contributed by atoms with Gasteiger partial charge in [0.05, 0.1) is 12.1 Å². The third-order valence-corrected chi connectivity index (χ3v) is 5.34. The van der Waals surface area contributed by atoms with Gasteiger partial charge in [-0.2, -0.15) is 5.21 Å². The average Bonchev–Trinajstić information content (AvgIpc) is 3.32. The van der Waals surface area contributed by atoms with Gasteiger partial charge in [0.1, 0.15) is 0 Å². The number of nitrogens with zero attached hydrogens (tertiary/aromatic N) is 4. The van der Waals surface area contributed by atoms with Crippen LogP contribution in [0, 0.1) is 6.92 Å². The highest BCUT2D eigenvalue weighted by molar-refractivity contribution is 5.82. The average molecular weight is 393 g/mol. The van der Waals surface area contributed by atoms with Crippen LogP contribution in [-0.4, -0.2) is 25.2 Å². The summed E-state index contributed by atoms with van der Waals surface area (Å²) in [7, 11) is 0. The molecule has 0 saturated heterocycles. The zero-order chi connectivity index (χ0) is 20.5. The molecule has 0 saturated carbocycles. The van der Waals surface area contributed by atoms with Gasteiger partial charge in [0.2, 0.25) is 5.82 Å². The van der Waals surface area contributed by atoms with E-state index < -0.39 is 0 Å². The number of aromatic amines is 1. The largest absolute Gasteiger partial charge is 0.304 e. The Morgan fingerprint density at radius 3 is 2.40 bits per heavy atom. The smallest absolute Gasteiger partial charge is 0.251 e. The molecule has 0 aliphatic rings. The summed E-state index contributed by atoms with van der Waals surface area (Å²) in [6.07, 6.45) is 0. The lowest BCUT2D eigenvalue weighted by Gasteiger charge is -2.13. The lowest BCUT2D eigenvalue weighted by molar-refractivity contribution is 0.793. The zero-order valence-corrected chi connectivity index (χ0v) is 16.4. The maximum Gasteiger partial charge on any atom is 0.251 e. The Labute approximate surface area is 172 Å². The molecule has 6 nitrogen and oxygen atoms in total. The number of hydrogen-bond acceptors (Lipinski definition) is 4. The lowest BCUT2D eigenvalue weighted by Crippen LogP contribution is -2.20. The fourth-order valence-electron chi connectivity index (χ4n) is 3.84. The number of tetrazole rings is 1. The third kappa shape index (κ3) is 3.18. The molecule has 0 aliphatic carbocycles. The maximum atomic E-state index is 12.7. The van der Waals surface area contributed by atoms with Crippen LogP contribution in [0.4, 0.5) is 0 Å². The maximum absolute atomic E-state index is 12.7. The van der Waals surface area contributed by atoms with Crippen molar-refractivity contribution in [2.45, 2.75) is 13.5 Å². The fraction of sp³-hybridized carbons (Fsp3) is 0.0833. The zero-order valence-electron chi connectivity index (χ0n) is 16.4. The van der Waals surface area contributed by atoms with E-state index in [0.29, 0.717) is 12.4 Å². The van der Waals surface area contributed by atoms with E-state index in [1.807, 2.05) is 54.0 Å². The van der Waals surface area contributed by atoms with E-state index >= 15 is 0 Å². The molecule has 0 fully saturated rings. The second-order valence-corrected chi connectivity index (χ2v) is 7.25. The number of hydrogen-bond donors (Lipinski definition) is 1. The van der Waals surface area contributed by atoms with Gasteiger partial charge >= 0.3 is 0 Å². The Morgan fingerprint density at radius 2 is 1.63 bits per heavy atom. The van der Waals surface area contributed by atoms with Gasteiger partial charge in [0.15, 0.2) is 0 Å². The Hall–Kier alpha value is -4.06. The van der Waals surface area contributed by atoms with Crippen molar-refractivity contribution in [3.05, 3.63) is 100 Å². The number of fused-ring (bicyclic) bond motifs is 1. The molecule has 2 heterocycles. The van der Waals surface area contributed by atoms with Crippen molar-refractivity contribution in [2.75, 3.05) is 0 Å². The van der Waals surface area contributed by atoms with Crippen molar-refractivity contribution in [2.24, 2.45) is 0 Å². The standard InChI is InChI=1S/C24H19N5O/c1-16-14-23(30)29(22-9-5-4-6-19(16)22)15-17-10-12-18(13-11-17)20-7-2-3-8-21(20)24-25-27-28-26-24/h2-14H,15H2,1H3,(H,25,26,27,28). The molecule has 0 atom stereocenters. The number of H-pyrrole nitrogens is 1. The molecule has 1 N–H and O–H groups in total. The summed E-state index contributed by atoms with van der Waals surface area (Å²) in [6, 6.07) is 25.9. The number of pyridine rings is 1. The van der Waals surface area contributed by atoms with Gasteiger partial charge in [-0.3, -0.25) is 4.79 Å². The van der Waals surface area contributed by atoms with Crippen molar-refractivity contribution in [1.29, 1.82) is 0 Å². The molecule has 6 heteroatoms. The molecule has 3 aromatic carbocycles. The van der Waals surface area contributed by atoms with Crippen molar-refractivity contribution in [1.82, 2.24) is 25.2 Å². The van der Waals surface area contributed by atoms with Gasteiger partial charge in [-0.25, -0.2) is 0 Å². The molecule has 0 aliphatic heterocycles. The lowest BCUT2D eigenvalue weighted by atomic mass is 9.98. The molecule has 0 amide bonds. The molecule has 0 radical (unpaired) electrons. The van der Waals surface area contributed by atoms with E-state index in [0.717, 1.165) is 38.7 Å². The Morgan fingerprint density at radius 1 is 0.900 bits per heavy atom. The van der Waals surface area contributed by atoms with Crippen LogP contribution in [0.15, 0.2) is 83.7 Å². The SMILES string of the molecule is Cc1cc(=O)n(Cc2ccc(-c3ccccc3-c3nn[nH]n3)cc2)c2ccccc12. The number of rotatable bonds is 4. The van der Waals surface area contributed by atoms with Gasteiger partial charge in [-0.05, 0) is 40.5 Å². The number of nitrogens with one attached hydrogen (secondary N) is 1. The van der Waals surface area contributed by atoms with E-state index in [2.05, 4.69) is 51.0 Å². The minimum Gasteiger partial charge on any atom is -0.304 e. The Balaban J connectivity index is 1.51. The normalized spacial score (nSPS) is 11.1.